The molecule has 27 heavy (non-hydrogen) atoms. The molecule has 2 aromatic rings. The summed E-state index contributed by atoms with van der Waals surface area (Å²) in [5, 5.41) is 3.11. The van der Waals surface area contributed by atoms with Gasteiger partial charge >= 0.3 is 0 Å². The van der Waals surface area contributed by atoms with Crippen LogP contribution in [-0.4, -0.2) is 40.8 Å². The van der Waals surface area contributed by atoms with Crippen LogP contribution in [0.4, 0.5) is 0 Å². The lowest BCUT2D eigenvalue weighted by Gasteiger charge is -2.29. The first kappa shape index (κ1) is 17.8. The van der Waals surface area contributed by atoms with Crippen molar-refractivity contribution in [3.05, 3.63) is 46.2 Å². The number of benzene rings is 1. The average Bonchev–Trinajstić information content (AvgIpc) is 3.37. The number of carbonyl (C=O) groups excluding carboxylic acids is 2. The smallest absolute Gasteiger partial charge is 0.257 e. The standard InChI is InChI=1S/C21H25N3O3/c25-19(24-11-5-10-18(24)14-6-1-2-7-14)13-23-21(27)16-12-22-17-9-4-3-8-15(17)20(16)26/h3-4,8-9,12,14,18H,1-2,5-7,10-11,13H2,(H,22,26)(H,23,27)/t18-/m1/s1. The van der Waals surface area contributed by atoms with E-state index in [1.807, 2.05) is 11.0 Å². The number of nitrogens with one attached hydrogen (secondary N) is 2. The molecule has 1 aliphatic heterocycles. The maximum Gasteiger partial charge on any atom is 0.257 e. The van der Waals surface area contributed by atoms with Crippen LogP contribution in [0.1, 0.15) is 48.9 Å². The Hall–Kier alpha value is -2.63. The van der Waals surface area contributed by atoms with Crippen LogP contribution in [0.15, 0.2) is 35.3 Å². The minimum absolute atomic E-state index is 0.0373. The van der Waals surface area contributed by atoms with Crippen LogP contribution in [-0.2, 0) is 4.79 Å². The maximum atomic E-state index is 12.7. The van der Waals surface area contributed by atoms with E-state index in [9.17, 15) is 14.4 Å². The van der Waals surface area contributed by atoms with Crippen molar-refractivity contribution < 1.29 is 9.59 Å². The Kier molecular flexibility index (Phi) is 4.97. The molecule has 2 N–H and O–H groups in total. The second-order valence-corrected chi connectivity index (χ2v) is 7.60. The lowest BCUT2D eigenvalue weighted by atomic mass is 9.96. The maximum absolute atomic E-state index is 12.7. The highest BCUT2D eigenvalue weighted by Crippen LogP contribution is 2.35. The van der Waals surface area contributed by atoms with Crippen LogP contribution < -0.4 is 10.7 Å². The Labute approximate surface area is 157 Å². The molecule has 1 atom stereocenters. The van der Waals surface area contributed by atoms with Crippen LogP contribution in [0.3, 0.4) is 0 Å². The minimum Gasteiger partial charge on any atom is -0.360 e. The molecule has 1 aromatic heterocycles. The fraction of sp³-hybridized carbons (Fsp3) is 0.476. The number of rotatable bonds is 4. The monoisotopic (exact) mass is 367 g/mol. The number of para-hydroxylation sites is 1. The Morgan fingerprint density at radius 1 is 1.11 bits per heavy atom. The number of hydrogen-bond donors (Lipinski definition) is 2. The zero-order valence-corrected chi connectivity index (χ0v) is 15.4. The van der Waals surface area contributed by atoms with E-state index in [4.69, 9.17) is 0 Å². The fourth-order valence-corrected chi connectivity index (χ4v) is 4.62. The molecule has 1 saturated carbocycles. The van der Waals surface area contributed by atoms with Crippen LogP contribution >= 0.6 is 0 Å². The van der Waals surface area contributed by atoms with Gasteiger partial charge in [-0.2, -0.15) is 0 Å². The molecule has 6 heteroatoms. The Balaban J connectivity index is 1.42. The highest BCUT2D eigenvalue weighted by molar-refractivity contribution is 5.98. The summed E-state index contributed by atoms with van der Waals surface area (Å²) in [5.41, 5.74) is 0.404. The molecule has 142 valence electrons. The van der Waals surface area contributed by atoms with Gasteiger partial charge < -0.3 is 15.2 Å². The van der Waals surface area contributed by atoms with Crippen molar-refractivity contribution in [2.24, 2.45) is 5.92 Å². The minimum atomic E-state index is -0.507. The van der Waals surface area contributed by atoms with Gasteiger partial charge in [-0.3, -0.25) is 14.4 Å². The van der Waals surface area contributed by atoms with Crippen molar-refractivity contribution in [1.29, 1.82) is 0 Å². The third-order valence-corrected chi connectivity index (χ3v) is 6.00. The van der Waals surface area contributed by atoms with Gasteiger partial charge in [-0.25, -0.2) is 0 Å². The van der Waals surface area contributed by atoms with Gasteiger partial charge in [0.1, 0.15) is 5.56 Å². The van der Waals surface area contributed by atoms with Crippen molar-refractivity contribution >= 4 is 22.7 Å². The molecule has 1 aliphatic carbocycles. The van der Waals surface area contributed by atoms with Gasteiger partial charge in [0.2, 0.25) is 11.3 Å². The van der Waals surface area contributed by atoms with E-state index in [0.717, 1.165) is 19.4 Å². The fourth-order valence-electron chi connectivity index (χ4n) is 4.62. The lowest BCUT2D eigenvalue weighted by Crippen LogP contribution is -2.45. The number of aromatic nitrogens is 1. The first-order valence-electron chi connectivity index (χ1n) is 9.83. The Morgan fingerprint density at radius 3 is 2.70 bits per heavy atom. The van der Waals surface area contributed by atoms with Crippen LogP contribution in [0.25, 0.3) is 10.9 Å². The molecule has 2 aliphatic rings. The van der Waals surface area contributed by atoms with Gasteiger partial charge in [0, 0.05) is 29.7 Å². The molecule has 2 fully saturated rings. The van der Waals surface area contributed by atoms with E-state index in [1.54, 1.807) is 18.2 Å². The normalized spacial score (nSPS) is 20.3. The Bertz CT molecular complexity index is 914. The summed E-state index contributed by atoms with van der Waals surface area (Å²) in [5.74, 6) is 0.0532. The van der Waals surface area contributed by atoms with E-state index in [2.05, 4.69) is 10.3 Å². The van der Waals surface area contributed by atoms with Gasteiger partial charge in [0.15, 0.2) is 0 Å². The number of pyridine rings is 1. The summed E-state index contributed by atoms with van der Waals surface area (Å²) in [6.45, 7) is 0.709. The largest absolute Gasteiger partial charge is 0.360 e. The number of carbonyl (C=O) groups is 2. The molecule has 1 aromatic carbocycles. The van der Waals surface area contributed by atoms with Gasteiger partial charge in [-0.1, -0.05) is 25.0 Å². The lowest BCUT2D eigenvalue weighted by molar-refractivity contribution is -0.131. The number of fused-ring (bicyclic) bond motifs is 1. The van der Waals surface area contributed by atoms with Crippen molar-refractivity contribution in [2.45, 2.75) is 44.6 Å². The zero-order chi connectivity index (χ0) is 18.8. The first-order valence-corrected chi connectivity index (χ1v) is 9.83. The van der Waals surface area contributed by atoms with Crippen molar-refractivity contribution in [3.63, 3.8) is 0 Å². The quantitative estimate of drug-likeness (QED) is 0.871. The predicted octanol–water partition coefficient (Wildman–Crippen LogP) is 2.44. The highest BCUT2D eigenvalue weighted by Gasteiger charge is 2.35. The molecule has 1 saturated heterocycles. The van der Waals surface area contributed by atoms with Gasteiger partial charge in [-0.15, -0.1) is 0 Å². The second kappa shape index (κ2) is 7.55. The number of likely N-dealkylation sites (tertiary alicyclic amines) is 1. The third kappa shape index (κ3) is 3.48. The molecule has 2 heterocycles. The van der Waals surface area contributed by atoms with Crippen molar-refractivity contribution in [2.75, 3.05) is 13.1 Å². The van der Waals surface area contributed by atoms with E-state index in [1.165, 1.54) is 31.9 Å². The predicted molar refractivity (Wildman–Crippen MR) is 104 cm³/mol. The van der Waals surface area contributed by atoms with Crippen molar-refractivity contribution in [1.82, 2.24) is 15.2 Å². The number of nitrogens with zero attached hydrogens (tertiary/aromatic N) is 1. The first-order chi connectivity index (χ1) is 13.1. The average molecular weight is 367 g/mol. The number of amides is 2. The topological polar surface area (TPSA) is 82.3 Å². The van der Waals surface area contributed by atoms with Gasteiger partial charge in [0.05, 0.1) is 6.54 Å². The molecule has 6 nitrogen and oxygen atoms in total. The Morgan fingerprint density at radius 2 is 1.89 bits per heavy atom. The van der Waals surface area contributed by atoms with Gasteiger partial charge in [0.25, 0.3) is 5.91 Å². The van der Waals surface area contributed by atoms with Gasteiger partial charge in [-0.05, 0) is 43.7 Å². The van der Waals surface area contributed by atoms with E-state index < -0.39 is 5.91 Å². The van der Waals surface area contributed by atoms with Crippen LogP contribution in [0.2, 0.25) is 0 Å². The molecule has 0 spiro atoms. The van der Waals surface area contributed by atoms with Crippen LogP contribution in [0, 0.1) is 5.92 Å². The zero-order valence-electron chi connectivity index (χ0n) is 15.4. The molecular weight excluding hydrogens is 342 g/mol. The third-order valence-electron chi connectivity index (χ3n) is 6.00. The van der Waals surface area contributed by atoms with Crippen LogP contribution in [0.5, 0.6) is 0 Å². The molecule has 4 rings (SSSR count). The summed E-state index contributed by atoms with van der Waals surface area (Å²) >= 11 is 0. The summed E-state index contributed by atoms with van der Waals surface area (Å²) in [7, 11) is 0. The summed E-state index contributed by atoms with van der Waals surface area (Å²) in [6, 6.07) is 7.39. The number of aromatic amines is 1. The van der Waals surface area contributed by atoms with E-state index in [0.29, 0.717) is 22.9 Å². The molecule has 0 unspecified atom stereocenters. The molecule has 2 amide bonds. The van der Waals surface area contributed by atoms with E-state index in [-0.39, 0.29) is 23.4 Å². The van der Waals surface area contributed by atoms with E-state index >= 15 is 0 Å². The highest BCUT2D eigenvalue weighted by atomic mass is 16.2. The number of H-pyrrole nitrogens is 1. The molecular formula is C21H25N3O3. The summed E-state index contributed by atoms with van der Waals surface area (Å²) in [4.78, 5) is 42.6. The van der Waals surface area contributed by atoms with Crippen molar-refractivity contribution in [3.8, 4) is 0 Å². The SMILES string of the molecule is O=C(NCC(=O)N1CCC[C@@H]1C1CCCC1)c1c[nH]c2ccccc2c1=O. The number of hydrogen-bond acceptors (Lipinski definition) is 3. The molecule has 0 bridgehead atoms. The summed E-state index contributed by atoms with van der Waals surface area (Å²) in [6.07, 6.45) is 8.43. The molecule has 0 radical (unpaired) electrons. The summed E-state index contributed by atoms with van der Waals surface area (Å²) < 4.78 is 0. The second-order valence-electron chi connectivity index (χ2n) is 7.60.